The molecule has 2 aromatic rings. The minimum absolute atomic E-state index is 0.0438. The number of sulfone groups is 1. The van der Waals surface area contributed by atoms with E-state index in [1.54, 1.807) is 11.3 Å². The number of nitrogen functional groups attached to an aromatic ring is 1. The minimum Gasteiger partial charge on any atom is -0.368 e. The fourth-order valence-corrected chi connectivity index (χ4v) is 5.22. The smallest absolute Gasteiger partial charge is 0.223 e. The molecule has 20 heavy (non-hydrogen) atoms. The maximum absolute atomic E-state index is 11.6. The molecule has 3 heterocycles. The zero-order chi connectivity index (χ0) is 14.5. The summed E-state index contributed by atoms with van der Waals surface area (Å²) in [5, 5.41) is 0.938. The Kier molecular flexibility index (Phi) is 3.09. The first kappa shape index (κ1) is 13.6. The van der Waals surface area contributed by atoms with Crippen LogP contribution in [0.15, 0.2) is 6.07 Å². The summed E-state index contributed by atoms with van der Waals surface area (Å²) in [6, 6.07) is 1.98. The lowest BCUT2D eigenvalue weighted by molar-refractivity contribution is 0.600. The van der Waals surface area contributed by atoms with E-state index in [-0.39, 0.29) is 23.5 Å². The number of hydrogen-bond donors (Lipinski definition) is 1. The van der Waals surface area contributed by atoms with E-state index in [0.29, 0.717) is 6.42 Å². The second kappa shape index (κ2) is 4.56. The Labute approximate surface area is 121 Å². The Morgan fingerprint density at radius 3 is 2.85 bits per heavy atom. The lowest BCUT2D eigenvalue weighted by atomic mass is 10.2. The molecule has 8 heteroatoms. The zero-order valence-corrected chi connectivity index (χ0v) is 13.0. The van der Waals surface area contributed by atoms with Gasteiger partial charge in [0.05, 0.1) is 16.9 Å². The Morgan fingerprint density at radius 1 is 1.45 bits per heavy atom. The van der Waals surface area contributed by atoms with Crippen LogP contribution in [0, 0.1) is 6.92 Å². The summed E-state index contributed by atoms with van der Waals surface area (Å²) in [7, 11) is -1.05. The number of thiophene rings is 1. The summed E-state index contributed by atoms with van der Waals surface area (Å²) >= 11 is 1.56. The van der Waals surface area contributed by atoms with Crippen molar-refractivity contribution < 1.29 is 8.42 Å². The molecule has 0 radical (unpaired) electrons. The van der Waals surface area contributed by atoms with E-state index in [9.17, 15) is 8.42 Å². The molecular weight excluding hydrogens is 296 g/mol. The third-order valence-corrected chi connectivity index (χ3v) is 6.30. The van der Waals surface area contributed by atoms with E-state index in [1.165, 1.54) is 0 Å². The highest BCUT2D eigenvalue weighted by Gasteiger charge is 2.32. The van der Waals surface area contributed by atoms with Gasteiger partial charge in [0.2, 0.25) is 5.95 Å². The quantitative estimate of drug-likeness (QED) is 0.896. The van der Waals surface area contributed by atoms with Gasteiger partial charge in [-0.25, -0.2) is 13.4 Å². The number of rotatable bonds is 2. The predicted octanol–water partition coefficient (Wildman–Crippen LogP) is 1.21. The van der Waals surface area contributed by atoms with Crippen molar-refractivity contribution in [1.29, 1.82) is 0 Å². The first-order valence-corrected chi connectivity index (χ1v) is 8.96. The van der Waals surface area contributed by atoms with Crippen molar-refractivity contribution in [2.24, 2.45) is 0 Å². The first-order valence-electron chi connectivity index (χ1n) is 6.32. The molecule has 6 nitrogen and oxygen atoms in total. The zero-order valence-electron chi connectivity index (χ0n) is 11.3. The van der Waals surface area contributed by atoms with E-state index < -0.39 is 9.84 Å². The predicted molar refractivity (Wildman–Crippen MR) is 82.0 cm³/mol. The summed E-state index contributed by atoms with van der Waals surface area (Å²) in [5.41, 5.74) is 5.76. The van der Waals surface area contributed by atoms with Gasteiger partial charge in [-0.1, -0.05) is 0 Å². The van der Waals surface area contributed by atoms with E-state index in [2.05, 4.69) is 9.97 Å². The highest BCUT2D eigenvalue weighted by molar-refractivity contribution is 7.91. The molecule has 1 saturated heterocycles. The van der Waals surface area contributed by atoms with Crippen LogP contribution in [0.5, 0.6) is 0 Å². The standard InChI is InChI=1S/C12H16N4O2S2/c1-7-5-9-10(14-12(13)15-11(9)19-7)16(2)8-3-4-20(17,18)6-8/h5,8H,3-4,6H2,1-2H3,(H2,13,14,15). The molecule has 0 spiro atoms. The second-order valence-corrected chi connectivity index (χ2v) is 8.61. The van der Waals surface area contributed by atoms with Crippen LogP contribution in [0.3, 0.4) is 0 Å². The van der Waals surface area contributed by atoms with Crippen LogP contribution in [0.2, 0.25) is 0 Å². The fourth-order valence-electron chi connectivity index (χ4n) is 2.57. The van der Waals surface area contributed by atoms with Gasteiger partial charge in [0.15, 0.2) is 9.84 Å². The van der Waals surface area contributed by atoms with Gasteiger partial charge < -0.3 is 10.6 Å². The molecule has 2 N–H and O–H groups in total. The van der Waals surface area contributed by atoms with Gasteiger partial charge in [-0.3, -0.25) is 0 Å². The average Bonchev–Trinajstić information content (AvgIpc) is 2.89. The van der Waals surface area contributed by atoms with Gasteiger partial charge in [-0.15, -0.1) is 11.3 Å². The SMILES string of the molecule is Cc1cc2c(N(C)C3CCS(=O)(=O)C3)nc(N)nc2s1. The molecule has 1 aliphatic heterocycles. The summed E-state index contributed by atoms with van der Waals surface area (Å²) in [5.74, 6) is 1.37. The van der Waals surface area contributed by atoms with E-state index in [4.69, 9.17) is 5.73 Å². The molecule has 0 aliphatic carbocycles. The van der Waals surface area contributed by atoms with Crippen LogP contribution in [0.25, 0.3) is 10.2 Å². The van der Waals surface area contributed by atoms with Crippen molar-refractivity contribution in [3.05, 3.63) is 10.9 Å². The van der Waals surface area contributed by atoms with Crippen molar-refractivity contribution >= 4 is 43.2 Å². The maximum atomic E-state index is 11.6. The number of aryl methyl sites for hydroxylation is 1. The Bertz CT molecular complexity index is 769. The molecule has 1 fully saturated rings. The summed E-state index contributed by atoms with van der Waals surface area (Å²) in [6.45, 7) is 2.01. The van der Waals surface area contributed by atoms with Crippen LogP contribution < -0.4 is 10.6 Å². The highest BCUT2D eigenvalue weighted by atomic mass is 32.2. The van der Waals surface area contributed by atoms with E-state index in [0.717, 1.165) is 20.9 Å². The molecule has 3 rings (SSSR count). The van der Waals surface area contributed by atoms with Gasteiger partial charge in [-0.05, 0) is 19.4 Å². The normalized spacial score (nSPS) is 21.4. The average molecular weight is 312 g/mol. The van der Waals surface area contributed by atoms with Crippen LogP contribution in [0.4, 0.5) is 11.8 Å². The van der Waals surface area contributed by atoms with Gasteiger partial charge in [0.1, 0.15) is 10.6 Å². The number of fused-ring (bicyclic) bond motifs is 1. The van der Waals surface area contributed by atoms with Crippen molar-refractivity contribution in [2.75, 3.05) is 29.2 Å². The summed E-state index contributed by atoms with van der Waals surface area (Å²) < 4.78 is 23.3. The van der Waals surface area contributed by atoms with Crippen molar-refractivity contribution in [1.82, 2.24) is 9.97 Å². The van der Waals surface area contributed by atoms with Gasteiger partial charge in [0, 0.05) is 18.0 Å². The lowest BCUT2D eigenvalue weighted by Crippen LogP contribution is -2.33. The molecule has 2 aromatic heterocycles. The fraction of sp³-hybridized carbons (Fsp3) is 0.500. The Balaban J connectivity index is 2.05. The molecule has 0 bridgehead atoms. The van der Waals surface area contributed by atoms with Crippen molar-refractivity contribution in [3.63, 3.8) is 0 Å². The Morgan fingerprint density at radius 2 is 2.20 bits per heavy atom. The van der Waals surface area contributed by atoms with Gasteiger partial charge >= 0.3 is 0 Å². The van der Waals surface area contributed by atoms with Crippen molar-refractivity contribution in [3.8, 4) is 0 Å². The second-order valence-electron chi connectivity index (χ2n) is 5.15. The molecule has 0 aromatic carbocycles. The number of hydrogen-bond acceptors (Lipinski definition) is 7. The Hall–Kier alpha value is -1.41. The number of anilines is 2. The maximum Gasteiger partial charge on any atom is 0.223 e. The molecule has 0 saturated carbocycles. The molecular formula is C12H16N4O2S2. The van der Waals surface area contributed by atoms with E-state index in [1.807, 2.05) is 24.9 Å². The topological polar surface area (TPSA) is 89.2 Å². The van der Waals surface area contributed by atoms with Gasteiger partial charge in [-0.2, -0.15) is 4.98 Å². The molecule has 0 amide bonds. The number of nitrogens with zero attached hydrogens (tertiary/aromatic N) is 3. The van der Waals surface area contributed by atoms with Crippen LogP contribution in [-0.2, 0) is 9.84 Å². The summed E-state index contributed by atoms with van der Waals surface area (Å²) in [6.07, 6.45) is 0.632. The highest BCUT2D eigenvalue weighted by Crippen LogP contribution is 2.32. The number of nitrogens with two attached hydrogens (primary N) is 1. The largest absolute Gasteiger partial charge is 0.368 e. The van der Waals surface area contributed by atoms with Gasteiger partial charge in [0.25, 0.3) is 0 Å². The molecule has 108 valence electrons. The lowest BCUT2D eigenvalue weighted by Gasteiger charge is -2.25. The third kappa shape index (κ3) is 2.33. The molecule has 1 unspecified atom stereocenters. The molecule has 1 aliphatic rings. The summed E-state index contributed by atoms with van der Waals surface area (Å²) in [4.78, 5) is 12.5. The van der Waals surface area contributed by atoms with Crippen LogP contribution >= 0.6 is 11.3 Å². The first-order chi connectivity index (χ1) is 9.35. The molecule has 1 atom stereocenters. The monoisotopic (exact) mass is 312 g/mol. The minimum atomic E-state index is -2.92. The van der Waals surface area contributed by atoms with E-state index >= 15 is 0 Å². The van der Waals surface area contributed by atoms with Crippen LogP contribution in [0.1, 0.15) is 11.3 Å². The van der Waals surface area contributed by atoms with Crippen LogP contribution in [-0.4, -0.2) is 43.0 Å². The van der Waals surface area contributed by atoms with Crippen molar-refractivity contribution in [2.45, 2.75) is 19.4 Å². The third-order valence-electron chi connectivity index (χ3n) is 3.60. The number of aromatic nitrogens is 2.